The van der Waals surface area contributed by atoms with E-state index in [4.69, 9.17) is 0 Å². The van der Waals surface area contributed by atoms with Crippen LogP contribution in [0.3, 0.4) is 0 Å². The zero-order valence-electron chi connectivity index (χ0n) is 12.0. The van der Waals surface area contributed by atoms with Gasteiger partial charge in [0.2, 0.25) is 0 Å². The molecular formula is C16H25FN2. The Morgan fingerprint density at radius 3 is 3.00 bits per heavy atom. The molecule has 1 saturated heterocycles. The minimum Gasteiger partial charge on any atom is -0.375 e. The fourth-order valence-corrected chi connectivity index (χ4v) is 2.84. The van der Waals surface area contributed by atoms with Crippen molar-refractivity contribution in [2.45, 2.75) is 26.2 Å². The van der Waals surface area contributed by atoms with Crippen molar-refractivity contribution in [3.8, 4) is 0 Å². The molecule has 3 heteroatoms. The van der Waals surface area contributed by atoms with Crippen molar-refractivity contribution < 1.29 is 4.39 Å². The standard InChI is InChI=1S/C16H25FN2/c1-13(14-5-4-9-18-12-14)8-10-19(2)16-7-3-6-15(17)11-16/h3,6-7,11,13-14,18H,4-5,8-10,12H2,1-2H3. The lowest BCUT2D eigenvalue weighted by Gasteiger charge is -2.30. The molecule has 1 aliphatic heterocycles. The van der Waals surface area contributed by atoms with Gasteiger partial charge in [-0.1, -0.05) is 13.0 Å². The molecule has 2 rings (SSSR count). The van der Waals surface area contributed by atoms with Crippen LogP contribution in [-0.4, -0.2) is 26.7 Å². The van der Waals surface area contributed by atoms with Gasteiger partial charge >= 0.3 is 0 Å². The van der Waals surface area contributed by atoms with Crippen molar-refractivity contribution in [1.29, 1.82) is 0 Å². The monoisotopic (exact) mass is 264 g/mol. The second-order valence-electron chi connectivity index (χ2n) is 5.77. The first-order valence-electron chi connectivity index (χ1n) is 7.34. The first-order chi connectivity index (χ1) is 9.16. The zero-order valence-corrected chi connectivity index (χ0v) is 12.0. The third-order valence-corrected chi connectivity index (χ3v) is 4.31. The number of halogens is 1. The number of piperidine rings is 1. The first-order valence-corrected chi connectivity index (χ1v) is 7.34. The van der Waals surface area contributed by atoms with Crippen molar-refractivity contribution in [2.75, 3.05) is 31.6 Å². The summed E-state index contributed by atoms with van der Waals surface area (Å²) in [5.74, 6) is 1.37. The van der Waals surface area contributed by atoms with Gasteiger partial charge in [-0.2, -0.15) is 0 Å². The average molecular weight is 264 g/mol. The Labute approximate surface area is 116 Å². The summed E-state index contributed by atoms with van der Waals surface area (Å²) in [6.07, 6.45) is 3.81. The maximum atomic E-state index is 13.2. The van der Waals surface area contributed by atoms with Crippen molar-refractivity contribution in [3.05, 3.63) is 30.1 Å². The van der Waals surface area contributed by atoms with Crippen LogP contribution in [-0.2, 0) is 0 Å². The summed E-state index contributed by atoms with van der Waals surface area (Å²) in [5, 5.41) is 3.48. The lowest BCUT2D eigenvalue weighted by Crippen LogP contribution is -2.34. The molecule has 0 bridgehead atoms. The molecule has 0 aromatic heterocycles. The van der Waals surface area contributed by atoms with Gasteiger partial charge in [0.1, 0.15) is 5.82 Å². The highest BCUT2D eigenvalue weighted by Crippen LogP contribution is 2.23. The fraction of sp³-hybridized carbons (Fsp3) is 0.625. The Morgan fingerprint density at radius 2 is 2.32 bits per heavy atom. The maximum Gasteiger partial charge on any atom is 0.125 e. The van der Waals surface area contributed by atoms with E-state index in [1.54, 1.807) is 12.1 Å². The normalized spacial score (nSPS) is 21.1. The van der Waals surface area contributed by atoms with E-state index in [-0.39, 0.29) is 5.82 Å². The summed E-state index contributed by atoms with van der Waals surface area (Å²) in [6.45, 7) is 5.66. The van der Waals surface area contributed by atoms with Crippen LogP contribution in [0, 0.1) is 17.7 Å². The van der Waals surface area contributed by atoms with Gasteiger partial charge in [-0.15, -0.1) is 0 Å². The van der Waals surface area contributed by atoms with E-state index in [1.165, 1.54) is 31.9 Å². The molecule has 1 heterocycles. The number of hydrogen-bond donors (Lipinski definition) is 1. The number of hydrogen-bond acceptors (Lipinski definition) is 2. The van der Waals surface area contributed by atoms with Crippen LogP contribution in [0.1, 0.15) is 26.2 Å². The van der Waals surface area contributed by atoms with Crippen LogP contribution in [0.2, 0.25) is 0 Å². The lowest BCUT2D eigenvalue weighted by molar-refractivity contribution is 0.270. The van der Waals surface area contributed by atoms with Gasteiger partial charge in [-0.25, -0.2) is 4.39 Å². The molecule has 19 heavy (non-hydrogen) atoms. The van der Waals surface area contributed by atoms with Crippen molar-refractivity contribution in [3.63, 3.8) is 0 Å². The number of anilines is 1. The van der Waals surface area contributed by atoms with Crippen molar-refractivity contribution in [2.24, 2.45) is 11.8 Å². The van der Waals surface area contributed by atoms with Gasteiger partial charge in [0, 0.05) is 19.3 Å². The molecule has 0 amide bonds. The molecule has 0 aliphatic carbocycles. The molecule has 1 fully saturated rings. The van der Waals surface area contributed by atoms with Crippen LogP contribution in [0.4, 0.5) is 10.1 Å². The predicted octanol–water partition coefficient (Wildman–Crippen LogP) is 3.29. The summed E-state index contributed by atoms with van der Waals surface area (Å²) in [4.78, 5) is 2.15. The van der Waals surface area contributed by atoms with Gasteiger partial charge in [-0.05, 0) is 62.4 Å². The number of benzene rings is 1. The van der Waals surface area contributed by atoms with Crippen LogP contribution >= 0.6 is 0 Å². The molecule has 1 aliphatic rings. The van der Waals surface area contributed by atoms with Crippen molar-refractivity contribution >= 4 is 5.69 Å². The quantitative estimate of drug-likeness (QED) is 0.878. The van der Waals surface area contributed by atoms with Gasteiger partial charge in [-0.3, -0.25) is 0 Å². The third kappa shape index (κ3) is 4.20. The molecule has 0 spiro atoms. The predicted molar refractivity (Wildman–Crippen MR) is 79.0 cm³/mol. The largest absolute Gasteiger partial charge is 0.375 e. The summed E-state index contributed by atoms with van der Waals surface area (Å²) >= 11 is 0. The summed E-state index contributed by atoms with van der Waals surface area (Å²) in [6, 6.07) is 6.84. The van der Waals surface area contributed by atoms with Crippen LogP contribution in [0.5, 0.6) is 0 Å². The molecule has 0 radical (unpaired) electrons. The van der Waals surface area contributed by atoms with E-state index >= 15 is 0 Å². The Hall–Kier alpha value is -1.09. The van der Waals surface area contributed by atoms with Crippen LogP contribution < -0.4 is 10.2 Å². The second-order valence-corrected chi connectivity index (χ2v) is 5.77. The van der Waals surface area contributed by atoms with E-state index in [2.05, 4.69) is 17.1 Å². The molecule has 1 N–H and O–H groups in total. The van der Waals surface area contributed by atoms with E-state index in [9.17, 15) is 4.39 Å². The Kier molecular flexibility index (Phi) is 5.20. The summed E-state index contributed by atoms with van der Waals surface area (Å²) in [5.41, 5.74) is 0.967. The number of nitrogens with one attached hydrogen (secondary N) is 1. The number of nitrogens with zero attached hydrogens (tertiary/aromatic N) is 1. The molecule has 2 nitrogen and oxygen atoms in total. The van der Waals surface area contributed by atoms with E-state index in [0.29, 0.717) is 0 Å². The molecule has 106 valence electrons. The van der Waals surface area contributed by atoms with Crippen LogP contribution in [0.25, 0.3) is 0 Å². The maximum absolute atomic E-state index is 13.2. The third-order valence-electron chi connectivity index (χ3n) is 4.31. The smallest absolute Gasteiger partial charge is 0.125 e. The molecule has 1 aromatic carbocycles. The molecule has 0 saturated carbocycles. The number of rotatable bonds is 5. The van der Waals surface area contributed by atoms with E-state index in [1.807, 2.05) is 13.1 Å². The van der Waals surface area contributed by atoms with Gasteiger partial charge < -0.3 is 10.2 Å². The SMILES string of the molecule is CC(CCN(C)c1cccc(F)c1)C1CCCNC1. The highest BCUT2D eigenvalue weighted by atomic mass is 19.1. The van der Waals surface area contributed by atoms with E-state index < -0.39 is 0 Å². The van der Waals surface area contributed by atoms with Gasteiger partial charge in [0.25, 0.3) is 0 Å². The molecule has 2 atom stereocenters. The Morgan fingerprint density at radius 1 is 1.47 bits per heavy atom. The second kappa shape index (κ2) is 6.90. The highest BCUT2D eigenvalue weighted by Gasteiger charge is 2.19. The lowest BCUT2D eigenvalue weighted by atomic mass is 9.85. The topological polar surface area (TPSA) is 15.3 Å². The average Bonchev–Trinajstić information content (AvgIpc) is 2.45. The first kappa shape index (κ1) is 14.3. The molecular weight excluding hydrogens is 239 g/mol. The van der Waals surface area contributed by atoms with Gasteiger partial charge in [0.05, 0.1) is 0 Å². The van der Waals surface area contributed by atoms with Crippen molar-refractivity contribution in [1.82, 2.24) is 5.32 Å². The molecule has 2 unspecified atom stereocenters. The highest BCUT2D eigenvalue weighted by molar-refractivity contribution is 5.45. The zero-order chi connectivity index (χ0) is 13.7. The summed E-state index contributed by atoms with van der Waals surface area (Å²) < 4.78 is 13.2. The van der Waals surface area contributed by atoms with E-state index in [0.717, 1.165) is 30.6 Å². The Balaban J connectivity index is 1.80. The van der Waals surface area contributed by atoms with Gasteiger partial charge in [0.15, 0.2) is 0 Å². The minimum atomic E-state index is -0.158. The Bertz CT molecular complexity index is 388. The summed E-state index contributed by atoms with van der Waals surface area (Å²) in [7, 11) is 2.04. The fourth-order valence-electron chi connectivity index (χ4n) is 2.84. The van der Waals surface area contributed by atoms with Crippen LogP contribution in [0.15, 0.2) is 24.3 Å². The molecule has 1 aromatic rings. The minimum absolute atomic E-state index is 0.158.